The van der Waals surface area contributed by atoms with E-state index in [1.807, 2.05) is 0 Å². The van der Waals surface area contributed by atoms with Crippen LogP contribution in [0.25, 0.3) is 0 Å². The molecule has 4 aromatic rings. The van der Waals surface area contributed by atoms with E-state index in [1.165, 1.54) is 65.3 Å². The number of aliphatic hydroxyl groups excluding tert-OH is 4. The van der Waals surface area contributed by atoms with Crippen LogP contribution >= 0.6 is 47.0 Å². The Morgan fingerprint density at radius 2 is 0.650 bits per heavy atom. The molecule has 0 amide bonds. The molecule has 1 unspecified atom stereocenters. The average molecular weight is 917 g/mol. The molecule has 328 valence electrons. The Labute approximate surface area is 356 Å². The smallest absolute Gasteiger partial charge is 0.351 e. The molecule has 8 heterocycles. The Balaban J connectivity index is 0.000000152. The molecule has 0 bridgehead atoms. The van der Waals surface area contributed by atoms with Crippen molar-refractivity contribution in [3.63, 3.8) is 0 Å². The number of ether oxygens (including phenoxy) is 4. The molecular formula is C32H44N12O12S4. The molecule has 24 nitrogen and oxygen atoms in total. The van der Waals surface area contributed by atoms with Gasteiger partial charge < -0.3 is 62.3 Å². The molecule has 60 heavy (non-hydrogen) atoms. The first-order valence-electron chi connectivity index (χ1n) is 17.7. The summed E-state index contributed by atoms with van der Waals surface area (Å²) < 4.78 is 27.1. The molecule has 4 fully saturated rings. The van der Waals surface area contributed by atoms with Crippen LogP contribution in [-0.2, 0) is 18.9 Å². The first-order chi connectivity index (χ1) is 28.8. The monoisotopic (exact) mass is 916 g/mol. The first-order valence-corrected chi connectivity index (χ1v) is 21.9. The number of aliphatic hydroxyl groups is 4. The normalized spacial score (nSPS) is 25.7. The van der Waals surface area contributed by atoms with Gasteiger partial charge in [-0.25, -0.2) is 19.2 Å². The molecule has 4 saturated heterocycles. The minimum atomic E-state index is -0.431. The maximum Gasteiger partial charge on any atom is 0.351 e. The average Bonchev–Trinajstić information content (AvgIpc) is 4.07. The van der Waals surface area contributed by atoms with Gasteiger partial charge in [0, 0.05) is 47.8 Å². The van der Waals surface area contributed by atoms with Gasteiger partial charge in [-0.05, 0) is 24.3 Å². The zero-order chi connectivity index (χ0) is 43.3. The number of hydrogen-bond donors (Lipinski definition) is 8. The van der Waals surface area contributed by atoms with Crippen molar-refractivity contribution in [1.82, 2.24) is 38.2 Å². The number of nitrogens with zero attached hydrogens (tertiary/aromatic N) is 8. The molecule has 0 saturated carbocycles. The summed E-state index contributed by atoms with van der Waals surface area (Å²) in [6, 6.07) is 6.17. The van der Waals surface area contributed by atoms with Gasteiger partial charge in [-0.3, -0.25) is 18.3 Å². The number of rotatable bonds is 8. The summed E-state index contributed by atoms with van der Waals surface area (Å²) in [6.07, 6.45) is 4.73. The Morgan fingerprint density at radius 1 is 0.450 bits per heavy atom. The molecule has 8 atom stereocenters. The van der Waals surface area contributed by atoms with Crippen LogP contribution in [0.1, 0.15) is 24.9 Å². The van der Waals surface area contributed by atoms with Crippen LogP contribution < -0.4 is 45.7 Å². The predicted octanol–water partition coefficient (Wildman–Crippen LogP) is -2.38. The van der Waals surface area contributed by atoms with Crippen molar-refractivity contribution < 1.29 is 39.4 Å². The Bertz CT molecular complexity index is 1940. The number of thioether (sulfide) groups is 4. The molecule has 4 aliphatic rings. The number of nitrogen functional groups attached to an aromatic ring is 4. The number of aromatic nitrogens is 8. The molecule has 0 radical (unpaired) electrons. The molecule has 28 heteroatoms. The van der Waals surface area contributed by atoms with Gasteiger partial charge >= 0.3 is 22.8 Å². The van der Waals surface area contributed by atoms with E-state index in [1.54, 1.807) is 49.1 Å². The molecule has 12 N–H and O–H groups in total. The van der Waals surface area contributed by atoms with Crippen LogP contribution in [0.3, 0.4) is 0 Å². The Hall–Kier alpha value is -4.20. The molecule has 0 aromatic carbocycles. The molecule has 4 aliphatic heterocycles. The highest BCUT2D eigenvalue weighted by atomic mass is 32.2. The maximum absolute atomic E-state index is 11.4. The standard InChI is InChI=1S/4C8H11N3O3S/c4*9-5-1-2-11(8(13)10-5)6-4-15-7(3-12)14-6/h4*1-2,6-7,12H,3-4H2,(H2,9,10,13)/t6?,7-;2*6-,7+;6-,7-/m0101/s1. The van der Waals surface area contributed by atoms with Gasteiger partial charge in [-0.2, -0.15) is 19.9 Å². The Morgan fingerprint density at radius 3 is 0.800 bits per heavy atom. The molecule has 0 aliphatic carbocycles. The lowest BCUT2D eigenvalue weighted by atomic mass is 10.5. The second-order valence-electron chi connectivity index (χ2n) is 12.3. The van der Waals surface area contributed by atoms with E-state index in [-0.39, 0.29) is 96.4 Å². The van der Waals surface area contributed by atoms with Crippen molar-refractivity contribution in [1.29, 1.82) is 0 Å². The van der Waals surface area contributed by atoms with Crippen molar-refractivity contribution >= 4 is 70.3 Å². The largest absolute Gasteiger partial charge is 0.393 e. The van der Waals surface area contributed by atoms with Gasteiger partial charge in [-0.1, -0.05) is 0 Å². The summed E-state index contributed by atoms with van der Waals surface area (Å²) in [5, 5.41) is 35.5. The lowest BCUT2D eigenvalue weighted by molar-refractivity contribution is -0.00634. The first kappa shape index (κ1) is 46.9. The van der Waals surface area contributed by atoms with Crippen LogP contribution in [0.5, 0.6) is 0 Å². The van der Waals surface area contributed by atoms with E-state index >= 15 is 0 Å². The zero-order valence-corrected chi connectivity index (χ0v) is 34.7. The van der Waals surface area contributed by atoms with Gasteiger partial charge in [0.05, 0.1) is 26.4 Å². The molecule has 8 rings (SSSR count). The van der Waals surface area contributed by atoms with E-state index in [4.69, 9.17) is 62.3 Å². The van der Waals surface area contributed by atoms with E-state index in [0.29, 0.717) is 23.0 Å². The lowest BCUT2D eigenvalue weighted by Crippen LogP contribution is -2.28. The second-order valence-corrected chi connectivity index (χ2v) is 17.1. The third kappa shape index (κ3) is 12.9. The zero-order valence-electron chi connectivity index (χ0n) is 31.5. The number of anilines is 4. The van der Waals surface area contributed by atoms with E-state index in [9.17, 15) is 19.2 Å². The second kappa shape index (κ2) is 22.6. The highest BCUT2D eigenvalue weighted by molar-refractivity contribution is 8.00. The summed E-state index contributed by atoms with van der Waals surface area (Å²) in [4.78, 5) is 60.2. The van der Waals surface area contributed by atoms with Crippen molar-refractivity contribution in [3.8, 4) is 0 Å². The van der Waals surface area contributed by atoms with Crippen LogP contribution in [0.4, 0.5) is 23.3 Å². The summed E-state index contributed by atoms with van der Waals surface area (Å²) in [7, 11) is 0. The fraction of sp³-hybridized carbons (Fsp3) is 0.500. The lowest BCUT2D eigenvalue weighted by Gasteiger charge is -2.13. The minimum Gasteiger partial charge on any atom is -0.393 e. The van der Waals surface area contributed by atoms with Crippen molar-refractivity contribution in [2.75, 3.05) is 72.4 Å². The predicted molar refractivity (Wildman–Crippen MR) is 225 cm³/mol. The van der Waals surface area contributed by atoms with Gasteiger partial charge in [0.15, 0.2) is 0 Å². The SMILES string of the molecule is Nc1ccn(C2CS[C@@H](CO)O2)c(=O)n1.Nc1ccn([C@@H]2CS[C@H](CO)O2)c(=O)n1.Nc1ccn([C@H]2CS[C@@H](CO)O2)c(=O)n1.Nc1ccn([C@H]2CS[C@H](CO)O2)c(=O)n1. The molecule has 0 spiro atoms. The van der Waals surface area contributed by atoms with Gasteiger partial charge in [-0.15, -0.1) is 47.0 Å². The van der Waals surface area contributed by atoms with E-state index in [0.717, 1.165) is 0 Å². The highest BCUT2D eigenvalue weighted by Gasteiger charge is 2.30. The summed E-state index contributed by atoms with van der Waals surface area (Å²) >= 11 is 5.87. The van der Waals surface area contributed by atoms with Crippen molar-refractivity contribution in [2.45, 2.75) is 46.7 Å². The van der Waals surface area contributed by atoms with E-state index < -0.39 is 22.8 Å². The minimum absolute atomic E-state index is 0.0572. The molecular weight excluding hydrogens is 873 g/mol. The third-order valence-electron chi connectivity index (χ3n) is 8.18. The number of nitrogens with two attached hydrogens (primary N) is 4. The fourth-order valence-electron chi connectivity index (χ4n) is 5.32. The number of hydrogen-bond acceptors (Lipinski definition) is 24. The third-order valence-corrected chi connectivity index (χ3v) is 12.6. The summed E-state index contributed by atoms with van der Waals surface area (Å²) in [5.41, 5.74) is 18.7. The highest BCUT2D eigenvalue weighted by Crippen LogP contribution is 2.32. The van der Waals surface area contributed by atoms with Gasteiger partial charge in [0.25, 0.3) is 0 Å². The molecule has 4 aromatic heterocycles. The summed E-state index contributed by atoms with van der Waals surface area (Å²) in [6.45, 7) is -0.229. The van der Waals surface area contributed by atoms with Gasteiger partial charge in [0.2, 0.25) is 0 Å². The topological polar surface area (TPSA) is 361 Å². The van der Waals surface area contributed by atoms with E-state index in [2.05, 4.69) is 19.9 Å². The van der Waals surface area contributed by atoms with Crippen molar-refractivity contribution in [2.24, 2.45) is 0 Å². The quantitative estimate of drug-likeness (QED) is 0.0915. The summed E-state index contributed by atoms with van der Waals surface area (Å²) in [5.74, 6) is 3.27. The van der Waals surface area contributed by atoms with Crippen LogP contribution in [0.15, 0.2) is 68.2 Å². The van der Waals surface area contributed by atoms with Gasteiger partial charge in [0.1, 0.15) is 69.9 Å². The Kier molecular flexibility index (Phi) is 17.6. The van der Waals surface area contributed by atoms with Crippen LogP contribution in [-0.4, -0.2) is 130 Å². The van der Waals surface area contributed by atoms with Crippen molar-refractivity contribution in [3.05, 3.63) is 91.0 Å². The van der Waals surface area contributed by atoms with Crippen LogP contribution in [0, 0.1) is 0 Å². The maximum atomic E-state index is 11.4. The fourth-order valence-corrected chi connectivity index (χ4v) is 9.04. The van der Waals surface area contributed by atoms with Crippen LogP contribution in [0.2, 0.25) is 0 Å².